The molecule has 0 N–H and O–H groups in total. The predicted octanol–water partition coefficient (Wildman–Crippen LogP) is 4.00. The van der Waals surface area contributed by atoms with Gasteiger partial charge in [-0.25, -0.2) is 4.79 Å². The van der Waals surface area contributed by atoms with Crippen molar-refractivity contribution in [1.29, 1.82) is 0 Å². The van der Waals surface area contributed by atoms with Crippen molar-refractivity contribution in [3.63, 3.8) is 0 Å². The molecule has 0 bridgehead atoms. The molecule has 3 nitrogen and oxygen atoms in total. The van der Waals surface area contributed by atoms with Crippen LogP contribution in [-0.2, 0) is 9.53 Å². The van der Waals surface area contributed by atoms with Gasteiger partial charge in [-0.15, -0.1) is 0 Å². The molecule has 0 atom stereocenters. The molecule has 0 aliphatic carbocycles. The van der Waals surface area contributed by atoms with Crippen LogP contribution >= 0.6 is 0 Å². The average Bonchev–Trinajstić information content (AvgIpc) is 2.49. The molecule has 0 fully saturated rings. The Morgan fingerprint density at radius 3 is 2.55 bits per heavy atom. The van der Waals surface area contributed by atoms with Crippen molar-refractivity contribution >= 4 is 12.0 Å². The third-order valence-corrected chi connectivity index (χ3v) is 2.74. The van der Waals surface area contributed by atoms with Gasteiger partial charge in [0.05, 0.1) is 13.7 Å². The zero-order valence-electron chi connectivity index (χ0n) is 12.2. The molecule has 0 amide bonds. The fourth-order valence-corrected chi connectivity index (χ4v) is 1.59. The second-order valence-electron chi connectivity index (χ2n) is 4.37. The summed E-state index contributed by atoms with van der Waals surface area (Å²) in [5, 5.41) is 0. The van der Waals surface area contributed by atoms with Crippen molar-refractivity contribution in [2.75, 3.05) is 13.7 Å². The lowest BCUT2D eigenvalue weighted by atomic mass is 10.2. The first-order valence-electron chi connectivity index (χ1n) is 6.92. The number of hydrogen-bond acceptors (Lipinski definition) is 3. The summed E-state index contributed by atoms with van der Waals surface area (Å²) in [6, 6.07) is 7.69. The van der Waals surface area contributed by atoms with Gasteiger partial charge in [-0.2, -0.15) is 0 Å². The monoisotopic (exact) mass is 274 g/mol. The Balaban J connectivity index is 2.31. The first-order valence-corrected chi connectivity index (χ1v) is 6.92. The average molecular weight is 274 g/mol. The van der Waals surface area contributed by atoms with Crippen LogP contribution in [0.5, 0.6) is 5.75 Å². The second-order valence-corrected chi connectivity index (χ2v) is 4.37. The molecular formula is C17H22O3. The van der Waals surface area contributed by atoms with E-state index in [2.05, 4.69) is 6.92 Å². The van der Waals surface area contributed by atoms with Crippen LogP contribution in [-0.4, -0.2) is 19.7 Å². The van der Waals surface area contributed by atoms with E-state index in [9.17, 15) is 4.79 Å². The zero-order valence-corrected chi connectivity index (χ0v) is 12.2. The molecule has 1 aromatic rings. The molecule has 0 unspecified atom stereocenters. The van der Waals surface area contributed by atoms with Gasteiger partial charge in [-0.05, 0) is 24.1 Å². The highest BCUT2D eigenvalue weighted by molar-refractivity contribution is 5.82. The first-order chi connectivity index (χ1) is 9.76. The Hall–Kier alpha value is -2.03. The summed E-state index contributed by atoms with van der Waals surface area (Å²) in [5.41, 5.74) is 1.05. The number of rotatable bonds is 8. The molecule has 0 radical (unpaired) electrons. The molecule has 108 valence electrons. The van der Waals surface area contributed by atoms with Gasteiger partial charge >= 0.3 is 5.97 Å². The van der Waals surface area contributed by atoms with Crippen LogP contribution in [0.25, 0.3) is 6.08 Å². The topological polar surface area (TPSA) is 35.5 Å². The molecule has 0 saturated carbocycles. The maximum atomic E-state index is 11.3. The molecule has 0 heterocycles. The number of allylic oxidation sites excluding steroid dienone is 2. The SMILES string of the molecule is CCCCCOC(=O)/C=C/C=C/c1ccc(OC)cc1. The Morgan fingerprint density at radius 1 is 1.15 bits per heavy atom. The summed E-state index contributed by atoms with van der Waals surface area (Å²) in [5.74, 6) is 0.536. The number of esters is 1. The fraction of sp³-hybridized carbons (Fsp3) is 0.353. The van der Waals surface area contributed by atoms with Crippen molar-refractivity contribution < 1.29 is 14.3 Å². The quantitative estimate of drug-likeness (QED) is 0.311. The molecule has 0 aliphatic heterocycles. The zero-order chi connectivity index (χ0) is 14.6. The number of benzene rings is 1. The van der Waals surface area contributed by atoms with E-state index in [1.807, 2.05) is 36.4 Å². The Bertz CT molecular complexity index is 444. The molecular weight excluding hydrogens is 252 g/mol. The van der Waals surface area contributed by atoms with Gasteiger partial charge in [0, 0.05) is 6.08 Å². The van der Waals surface area contributed by atoms with Crippen LogP contribution in [0.2, 0.25) is 0 Å². The van der Waals surface area contributed by atoms with Gasteiger partial charge in [0.2, 0.25) is 0 Å². The van der Waals surface area contributed by atoms with Crippen molar-refractivity contribution in [2.24, 2.45) is 0 Å². The summed E-state index contributed by atoms with van der Waals surface area (Å²) < 4.78 is 10.1. The summed E-state index contributed by atoms with van der Waals surface area (Å²) in [6.07, 6.45) is 10.00. The molecule has 20 heavy (non-hydrogen) atoms. The van der Waals surface area contributed by atoms with E-state index in [0.717, 1.165) is 30.6 Å². The van der Waals surface area contributed by atoms with Gasteiger partial charge in [0.15, 0.2) is 0 Å². The molecule has 1 rings (SSSR count). The van der Waals surface area contributed by atoms with E-state index in [0.29, 0.717) is 6.61 Å². The Kier molecular flexibility index (Phi) is 7.89. The Morgan fingerprint density at radius 2 is 1.90 bits per heavy atom. The van der Waals surface area contributed by atoms with Gasteiger partial charge < -0.3 is 9.47 Å². The highest BCUT2D eigenvalue weighted by Crippen LogP contribution is 2.12. The van der Waals surface area contributed by atoms with Crippen LogP contribution in [0.3, 0.4) is 0 Å². The number of ether oxygens (including phenoxy) is 2. The normalized spacial score (nSPS) is 11.1. The summed E-state index contributed by atoms with van der Waals surface area (Å²) in [4.78, 5) is 11.3. The highest BCUT2D eigenvalue weighted by Gasteiger charge is 1.94. The molecule has 0 aliphatic rings. The third-order valence-electron chi connectivity index (χ3n) is 2.74. The lowest BCUT2D eigenvalue weighted by molar-refractivity contribution is -0.137. The van der Waals surface area contributed by atoms with Crippen molar-refractivity contribution in [3.8, 4) is 5.75 Å². The Labute approximate surface area is 120 Å². The molecule has 0 aromatic heterocycles. The number of carbonyl (C=O) groups excluding carboxylic acids is 1. The summed E-state index contributed by atoms with van der Waals surface area (Å²) in [7, 11) is 1.64. The van der Waals surface area contributed by atoms with Crippen LogP contribution in [0.15, 0.2) is 42.5 Å². The van der Waals surface area contributed by atoms with E-state index in [4.69, 9.17) is 9.47 Å². The maximum Gasteiger partial charge on any atom is 0.330 e. The van der Waals surface area contributed by atoms with Gasteiger partial charge in [-0.3, -0.25) is 0 Å². The molecule has 3 heteroatoms. The largest absolute Gasteiger partial charge is 0.497 e. The van der Waals surface area contributed by atoms with Crippen molar-refractivity contribution in [1.82, 2.24) is 0 Å². The number of carbonyl (C=O) groups is 1. The summed E-state index contributed by atoms with van der Waals surface area (Å²) in [6.45, 7) is 2.62. The van der Waals surface area contributed by atoms with E-state index < -0.39 is 0 Å². The van der Waals surface area contributed by atoms with E-state index >= 15 is 0 Å². The third kappa shape index (κ3) is 6.78. The molecule has 1 aromatic carbocycles. The fourth-order valence-electron chi connectivity index (χ4n) is 1.59. The van der Waals surface area contributed by atoms with Gasteiger partial charge in [0.1, 0.15) is 5.75 Å². The second kappa shape index (κ2) is 9.84. The molecule has 0 spiro atoms. The van der Waals surface area contributed by atoms with E-state index in [1.54, 1.807) is 13.2 Å². The van der Waals surface area contributed by atoms with Crippen molar-refractivity contribution in [3.05, 3.63) is 48.1 Å². The standard InChI is InChI=1S/C17H22O3/c1-3-4-7-14-20-17(18)9-6-5-8-15-10-12-16(19-2)13-11-15/h5-6,8-13H,3-4,7,14H2,1-2H3/b8-5+,9-6+. The summed E-state index contributed by atoms with van der Waals surface area (Å²) >= 11 is 0. The minimum atomic E-state index is -0.291. The lowest BCUT2D eigenvalue weighted by Gasteiger charge is -1.99. The van der Waals surface area contributed by atoms with Crippen LogP contribution in [0.1, 0.15) is 31.7 Å². The smallest absolute Gasteiger partial charge is 0.330 e. The highest BCUT2D eigenvalue weighted by atomic mass is 16.5. The number of methoxy groups -OCH3 is 1. The van der Waals surface area contributed by atoms with Gasteiger partial charge in [0.25, 0.3) is 0 Å². The van der Waals surface area contributed by atoms with Crippen LogP contribution in [0.4, 0.5) is 0 Å². The maximum absolute atomic E-state index is 11.3. The minimum Gasteiger partial charge on any atom is -0.497 e. The first kappa shape index (κ1) is 16.0. The van der Waals surface area contributed by atoms with Crippen LogP contribution < -0.4 is 4.74 Å². The number of hydrogen-bond donors (Lipinski definition) is 0. The van der Waals surface area contributed by atoms with Crippen molar-refractivity contribution in [2.45, 2.75) is 26.2 Å². The van der Waals surface area contributed by atoms with E-state index in [-0.39, 0.29) is 5.97 Å². The lowest BCUT2D eigenvalue weighted by Crippen LogP contribution is -2.01. The molecule has 0 saturated heterocycles. The van der Waals surface area contributed by atoms with Crippen LogP contribution in [0, 0.1) is 0 Å². The van der Waals surface area contributed by atoms with E-state index in [1.165, 1.54) is 6.08 Å². The van der Waals surface area contributed by atoms with Gasteiger partial charge in [-0.1, -0.05) is 50.1 Å². The minimum absolute atomic E-state index is 0.291. The number of unbranched alkanes of at least 4 members (excludes halogenated alkanes) is 2. The predicted molar refractivity (Wildman–Crippen MR) is 81.7 cm³/mol.